The van der Waals surface area contributed by atoms with Gasteiger partial charge in [-0.3, -0.25) is 9.59 Å². The zero-order valence-electron chi connectivity index (χ0n) is 15.4. The molecule has 0 saturated carbocycles. The maximum absolute atomic E-state index is 12.5. The SMILES string of the molecule is COC(=O)C(CCO)N1CCN(C(=O)C=Cc2ccc(Cl)c(Cl)c2)CCC1=O. The van der Waals surface area contributed by atoms with Gasteiger partial charge in [0.1, 0.15) is 6.04 Å². The number of amides is 2. The Bertz CT molecular complexity index is 769. The molecule has 1 N–H and O–H groups in total. The van der Waals surface area contributed by atoms with E-state index in [-0.39, 0.29) is 50.9 Å². The molecule has 1 fully saturated rings. The number of nitrogens with zero attached hydrogens (tertiary/aromatic N) is 2. The first kappa shape index (κ1) is 22.2. The summed E-state index contributed by atoms with van der Waals surface area (Å²) in [7, 11) is 1.23. The Morgan fingerprint density at radius 3 is 2.64 bits per heavy atom. The molecule has 7 nitrogen and oxygen atoms in total. The number of ether oxygens (including phenoxy) is 1. The lowest BCUT2D eigenvalue weighted by molar-refractivity contribution is -0.153. The number of hydrogen-bond acceptors (Lipinski definition) is 5. The van der Waals surface area contributed by atoms with Gasteiger partial charge < -0.3 is 19.6 Å². The van der Waals surface area contributed by atoms with E-state index in [9.17, 15) is 19.5 Å². The number of aliphatic hydroxyl groups is 1. The highest BCUT2D eigenvalue weighted by Crippen LogP contribution is 2.23. The average Bonchev–Trinajstić information content (AvgIpc) is 2.88. The van der Waals surface area contributed by atoms with Gasteiger partial charge in [0.05, 0.1) is 17.2 Å². The molecule has 9 heteroatoms. The summed E-state index contributed by atoms with van der Waals surface area (Å²) in [6, 6.07) is 4.17. The van der Waals surface area contributed by atoms with E-state index >= 15 is 0 Å². The van der Waals surface area contributed by atoms with Crippen molar-refractivity contribution in [3.8, 4) is 0 Å². The molecule has 2 amide bonds. The van der Waals surface area contributed by atoms with Crippen LogP contribution in [0.15, 0.2) is 24.3 Å². The van der Waals surface area contributed by atoms with Crippen molar-refractivity contribution in [3.63, 3.8) is 0 Å². The lowest BCUT2D eigenvalue weighted by Crippen LogP contribution is -2.47. The van der Waals surface area contributed by atoms with Crippen LogP contribution in [0.5, 0.6) is 0 Å². The van der Waals surface area contributed by atoms with E-state index in [0.29, 0.717) is 10.0 Å². The molecule has 1 aromatic carbocycles. The fourth-order valence-electron chi connectivity index (χ4n) is 2.94. The predicted octanol–water partition coefficient (Wildman–Crippen LogP) is 1.99. The van der Waals surface area contributed by atoms with Gasteiger partial charge in [0.15, 0.2) is 0 Å². The van der Waals surface area contributed by atoms with Crippen molar-refractivity contribution in [2.75, 3.05) is 33.4 Å². The van der Waals surface area contributed by atoms with Crippen molar-refractivity contribution < 1.29 is 24.2 Å². The topological polar surface area (TPSA) is 87.2 Å². The second kappa shape index (κ2) is 10.5. The summed E-state index contributed by atoms with van der Waals surface area (Å²) in [5.41, 5.74) is 0.726. The zero-order chi connectivity index (χ0) is 20.7. The number of carbonyl (C=O) groups is 3. The normalized spacial score (nSPS) is 16.2. The standard InChI is InChI=1S/C19H22Cl2N2O5/c1-28-19(27)16(7-11-24)23-10-9-22(8-6-18(23)26)17(25)5-3-13-2-4-14(20)15(21)12-13/h2-5,12,16,24H,6-11H2,1H3. The summed E-state index contributed by atoms with van der Waals surface area (Å²) in [4.78, 5) is 39.8. The van der Waals surface area contributed by atoms with Crippen LogP contribution >= 0.6 is 23.2 Å². The summed E-state index contributed by atoms with van der Waals surface area (Å²) >= 11 is 11.8. The van der Waals surface area contributed by atoms with Gasteiger partial charge in [0.2, 0.25) is 11.8 Å². The first-order valence-corrected chi connectivity index (χ1v) is 9.53. The highest BCUT2D eigenvalue weighted by Gasteiger charge is 2.32. The summed E-state index contributed by atoms with van der Waals surface area (Å²) in [5, 5.41) is 10.0. The van der Waals surface area contributed by atoms with E-state index in [1.807, 2.05) is 0 Å². The van der Waals surface area contributed by atoms with Gasteiger partial charge in [0.25, 0.3) is 0 Å². The van der Waals surface area contributed by atoms with Crippen LogP contribution in [0.1, 0.15) is 18.4 Å². The third-order valence-electron chi connectivity index (χ3n) is 4.45. The largest absolute Gasteiger partial charge is 0.467 e. The molecule has 1 unspecified atom stereocenters. The fourth-order valence-corrected chi connectivity index (χ4v) is 3.24. The number of halogens is 2. The molecular weight excluding hydrogens is 407 g/mol. The van der Waals surface area contributed by atoms with Gasteiger partial charge in [0, 0.05) is 45.2 Å². The van der Waals surface area contributed by atoms with E-state index in [2.05, 4.69) is 0 Å². The van der Waals surface area contributed by atoms with Crippen molar-refractivity contribution in [1.82, 2.24) is 9.80 Å². The van der Waals surface area contributed by atoms with Crippen LogP contribution in [-0.4, -0.2) is 72.1 Å². The van der Waals surface area contributed by atoms with Crippen molar-refractivity contribution in [1.29, 1.82) is 0 Å². The Balaban J connectivity index is 2.05. The summed E-state index contributed by atoms with van der Waals surface area (Å²) in [6.07, 6.45) is 3.21. The molecule has 1 saturated heterocycles. The minimum atomic E-state index is -0.857. The number of benzene rings is 1. The molecule has 0 bridgehead atoms. The number of methoxy groups -OCH3 is 1. The maximum Gasteiger partial charge on any atom is 0.328 e. The van der Waals surface area contributed by atoms with Crippen molar-refractivity contribution in [3.05, 3.63) is 39.9 Å². The molecule has 0 aromatic heterocycles. The lowest BCUT2D eigenvalue weighted by atomic mass is 10.1. The Hall–Kier alpha value is -2.09. The quantitative estimate of drug-likeness (QED) is 0.552. The van der Waals surface area contributed by atoms with E-state index in [0.717, 1.165) is 5.56 Å². The van der Waals surface area contributed by atoms with Gasteiger partial charge >= 0.3 is 5.97 Å². The van der Waals surface area contributed by atoms with Gasteiger partial charge in [-0.2, -0.15) is 0 Å². The fraction of sp³-hybridized carbons (Fsp3) is 0.421. The third-order valence-corrected chi connectivity index (χ3v) is 5.19. The molecule has 1 aromatic rings. The smallest absolute Gasteiger partial charge is 0.328 e. The molecule has 0 aliphatic carbocycles. The van der Waals surface area contributed by atoms with E-state index in [4.69, 9.17) is 27.9 Å². The number of esters is 1. The van der Waals surface area contributed by atoms with Crippen LogP contribution in [0.25, 0.3) is 6.08 Å². The van der Waals surface area contributed by atoms with Gasteiger partial charge in [-0.1, -0.05) is 29.3 Å². The summed E-state index contributed by atoms with van der Waals surface area (Å²) < 4.78 is 4.73. The van der Waals surface area contributed by atoms with Crippen molar-refractivity contribution in [2.24, 2.45) is 0 Å². The van der Waals surface area contributed by atoms with E-state index < -0.39 is 12.0 Å². The average molecular weight is 429 g/mol. The maximum atomic E-state index is 12.5. The molecular formula is C19H22Cl2N2O5. The van der Waals surface area contributed by atoms with Gasteiger partial charge in [-0.15, -0.1) is 0 Å². The zero-order valence-corrected chi connectivity index (χ0v) is 16.9. The van der Waals surface area contributed by atoms with Crippen LogP contribution in [0.3, 0.4) is 0 Å². The molecule has 1 aliphatic heterocycles. The third kappa shape index (κ3) is 5.70. The first-order chi connectivity index (χ1) is 13.4. The first-order valence-electron chi connectivity index (χ1n) is 8.77. The van der Waals surface area contributed by atoms with Crippen LogP contribution in [0.2, 0.25) is 10.0 Å². The summed E-state index contributed by atoms with van der Waals surface area (Å²) in [5.74, 6) is -1.09. The second-order valence-corrected chi connectivity index (χ2v) is 7.03. The Labute approximate surface area is 173 Å². The predicted molar refractivity (Wildman–Crippen MR) is 106 cm³/mol. The number of aliphatic hydroxyl groups excluding tert-OH is 1. The van der Waals surface area contributed by atoms with Crippen LogP contribution in [0.4, 0.5) is 0 Å². The minimum absolute atomic E-state index is 0.0869. The molecule has 1 heterocycles. The van der Waals surface area contributed by atoms with Crippen LogP contribution in [-0.2, 0) is 19.1 Å². The Morgan fingerprint density at radius 2 is 2.00 bits per heavy atom. The highest BCUT2D eigenvalue weighted by atomic mass is 35.5. The molecule has 0 spiro atoms. The van der Waals surface area contributed by atoms with E-state index in [1.54, 1.807) is 29.2 Å². The van der Waals surface area contributed by atoms with Crippen molar-refractivity contribution in [2.45, 2.75) is 18.9 Å². The minimum Gasteiger partial charge on any atom is -0.467 e. The van der Waals surface area contributed by atoms with Gasteiger partial charge in [-0.05, 0) is 23.8 Å². The van der Waals surface area contributed by atoms with E-state index in [1.165, 1.54) is 18.1 Å². The molecule has 0 radical (unpaired) electrons. The van der Waals surface area contributed by atoms with Gasteiger partial charge in [-0.25, -0.2) is 4.79 Å². The molecule has 28 heavy (non-hydrogen) atoms. The lowest BCUT2D eigenvalue weighted by Gasteiger charge is -2.28. The number of hydrogen-bond donors (Lipinski definition) is 1. The number of carbonyl (C=O) groups excluding carboxylic acids is 3. The van der Waals surface area contributed by atoms with Crippen LogP contribution in [0, 0.1) is 0 Å². The molecule has 1 atom stereocenters. The highest BCUT2D eigenvalue weighted by molar-refractivity contribution is 6.42. The van der Waals surface area contributed by atoms with Crippen molar-refractivity contribution >= 4 is 47.1 Å². The van der Waals surface area contributed by atoms with Crippen LogP contribution < -0.4 is 0 Å². The Morgan fingerprint density at radius 1 is 1.25 bits per heavy atom. The summed E-state index contributed by atoms with van der Waals surface area (Å²) in [6.45, 7) is 0.450. The molecule has 152 valence electrons. The Kier molecular flexibility index (Phi) is 8.29. The number of rotatable bonds is 6. The molecule has 2 rings (SSSR count). The monoisotopic (exact) mass is 428 g/mol. The molecule has 1 aliphatic rings. The second-order valence-electron chi connectivity index (χ2n) is 6.22.